The molecule has 0 bridgehead atoms. The van der Waals surface area contributed by atoms with Gasteiger partial charge in [0.2, 0.25) is 0 Å². The fourth-order valence-corrected chi connectivity index (χ4v) is 6.83. The van der Waals surface area contributed by atoms with Crippen LogP contribution < -0.4 is 0 Å². The van der Waals surface area contributed by atoms with Gasteiger partial charge in [-0.2, -0.15) is 0 Å². The molecule has 2 fully saturated rings. The van der Waals surface area contributed by atoms with Crippen molar-refractivity contribution in [1.82, 2.24) is 4.98 Å². The van der Waals surface area contributed by atoms with Crippen LogP contribution in [0.3, 0.4) is 0 Å². The van der Waals surface area contributed by atoms with E-state index in [9.17, 15) is 0 Å². The van der Waals surface area contributed by atoms with Crippen molar-refractivity contribution in [3.05, 3.63) is 69.0 Å². The van der Waals surface area contributed by atoms with Crippen molar-refractivity contribution >= 4 is 22.0 Å². The van der Waals surface area contributed by atoms with Crippen LogP contribution in [0.25, 0.3) is 6.08 Å². The molecule has 2 saturated carbocycles. The molecule has 3 aliphatic carbocycles. The van der Waals surface area contributed by atoms with Crippen LogP contribution in [0, 0.1) is 24.2 Å². The van der Waals surface area contributed by atoms with Crippen molar-refractivity contribution in [2.24, 2.45) is 17.3 Å². The molecule has 3 aliphatic rings. The summed E-state index contributed by atoms with van der Waals surface area (Å²) in [6, 6.07) is 11.3. The molecule has 0 radical (unpaired) electrons. The third-order valence-corrected chi connectivity index (χ3v) is 8.50. The Morgan fingerprint density at radius 1 is 1.15 bits per heavy atom. The summed E-state index contributed by atoms with van der Waals surface area (Å²) in [5.41, 5.74) is 7.82. The third kappa shape index (κ3) is 2.83. The highest BCUT2D eigenvalue weighted by Gasteiger charge is 2.52. The van der Waals surface area contributed by atoms with Gasteiger partial charge in [-0.3, -0.25) is 4.98 Å². The molecule has 1 aromatic heterocycles. The Bertz CT molecular complexity index is 914. The van der Waals surface area contributed by atoms with Crippen LogP contribution in [0.1, 0.15) is 67.3 Å². The quantitative estimate of drug-likeness (QED) is 0.478. The monoisotopic (exact) mass is 421 g/mol. The molecule has 5 rings (SSSR count). The third-order valence-electron chi connectivity index (χ3n) is 7.83. The minimum Gasteiger partial charge on any atom is -0.256 e. The highest BCUT2D eigenvalue weighted by Crippen LogP contribution is 2.63. The van der Waals surface area contributed by atoms with Crippen LogP contribution in [0.4, 0.5) is 0 Å². The van der Waals surface area contributed by atoms with Gasteiger partial charge in [-0.1, -0.05) is 36.3 Å². The lowest BCUT2D eigenvalue weighted by atomic mass is 9.55. The summed E-state index contributed by atoms with van der Waals surface area (Å²) in [4.78, 5) is 4.61. The predicted molar refractivity (Wildman–Crippen MR) is 116 cm³/mol. The second kappa shape index (κ2) is 6.58. The maximum atomic E-state index is 4.61. The zero-order valence-electron chi connectivity index (χ0n) is 16.3. The summed E-state index contributed by atoms with van der Waals surface area (Å²) in [7, 11) is 0. The van der Waals surface area contributed by atoms with E-state index in [1.165, 1.54) is 44.1 Å². The van der Waals surface area contributed by atoms with E-state index in [1.54, 1.807) is 16.7 Å². The van der Waals surface area contributed by atoms with Crippen molar-refractivity contribution in [2.45, 2.75) is 58.3 Å². The Kier molecular flexibility index (Phi) is 4.31. The minimum absolute atomic E-state index is 0.361. The van der Waals surface area contributed by atoms with Crippen LogP contribution in [-0.4, -0.2) is 4.98 Å². The summed E-state index contributed by atoms with van der Waals surface area (Å²) in [6.07, 6.45) is 12.2. The summed E-state index contributed by atoms with van der Waals surface area (Å²) in [6.45, 7) is 4.78. The van der Waals surface area contributed by atoms with E-state index in [0.29, 0.717) is 5.41 Å². The summed E-state index contributed by atoms with van der Waals surface area (Å²) < 4.78 is 1.11. The van der Waals surface area contributed by atoms with E-state index in [0.717, 1.165) is 27.9 Å². The molecule has 2 aromatic rings. The van der Waals surface area contributed by atoms with E-state index in [-0.39, 0.29) is 0 Å². The number of nitrogens with zero attached hydrogens (tertiary/aromatic N) is 1. The smallest absolute Gasteiger partial charge is 0.0771 e. The highest BCUT2D eigenvalue weighted by atomic mass is 79.9. The normalized spacial score (nSPS) is 33.4. The fraction of sp³-hybridized carbons (Fsp3) is 0.480. The Balaban J connectivity index is 1.48. The van der Waals surface area contributed by atoms with Crippen LogP contribution in [0.5, 0.6) is 0 Å². The number of halogens is 1. The molecule has 27 heavy (non-hydrogen) atoms. The molecule has 0 aliphatic heterocycles. The molecule has 2 heteroatoms. The number of aromatic nitrogens is 1. The van der Waals surface area contributed by atoms with Crippen molar-refractivity contribution in [3.8, 4) is 0 Å². The van der Waals surface area contributed by atoms with Gasteiger partial charge in [-0.25, -0.2) is 0 Å². The number of aryl methyl sites for hydroxylation is 2. The summed E-state index contributed by atoms with van der Waals surface area (Å²) in [5, 5.41) is 0. The first-order valence-corrected chi connectivity index (χ1v) is 11.3. The van der Waals surface area contributed by atoms with Gasteiger partial charge in [0, 0.05) is 10.7 Å². The van der Waals surface area contributed by atoms with E-state index in [1.807, 2.05) is 12.3 Å². The van der Waals surface area contributed by atoms with Crippen molar-refractivity contribution in [2.75, 3.05) is 0 Å². The molecular formula is C25H28BrN. The first-order valence-electron chi connectivity index (χ1n) is 10.5. The topological polar surface area (TPSA) is 12.9 Å². The molecule has 140 valence electrons. The first-order chi connectivity index (χ1) is 13.1. The van der Waals surface area contributed by atoms with Gasteiger partial charge < -0.3 is 0 Å². The molecule has 0 unspecified atom stereocenters. The van der Waals surface area contributed by atoms with Crippen molar-refractivity contribution in [3.63, 3.8) is 0 Å². The average Bonchev–Trinajstić information content (AvgIpc) is 2.99. The number of rotatable bonds is 1. The maximum Gasteiger partial charge on any atom is 0.0771 e. The molecule has 4 atom stereocenters. The highest BCUT2D eigenvalue weighted by molar-refractivity contribution is 9.10. The number of benzene rings is 1. The van der Waals surface area contributed by atoms with Crippen LogP contribution >= 0.6 is 15.9 Å². The van der Waals surface area contributed by atoms with E-state index >= 15 is 0 Å². The Morgan fingerprint density at radius 3 is 2.89 bits per heavy atom. The maximum absolute atomic E-state index is 4.61. The zero-order chi connectivity index (χ0) is 18.6. The number of pyridine rings is 1. The second-order valence-electron chi connectivity index (χ2n) is 9.15. The second-order valence-corrected chi connectivity index (χ2v) is 10.0. The number of fused-ring (bicyclic) bond motifs is 5. The summed E-state index contributed by atoms with van der Waals surface area (Å²) in [5.74, 6) is 2.48. The zero-order valence-corrected chi connectivity index (χ0v) is 17.9. The van der Waals surface area contributed by atoms with Crippen molar-refractivity contribution < 1.29 is 0 Å². The lowest BCUT2D eigenvalue weighted by Gasteiger charge is -2.49. The standard InChI is InChI=1S/C25H28BrN/c1-16-5-8-19-17(14-16)6-9-21-20(19)11-12-25(2)18(7-10-22(21)25)15-24-23(26)4-3-13-27-24/h3-5,8,13-15,20-22H,6-7,9-12H2,1-2H3/t20-,21-,22+,25-/m1/s1. The van der Waals surface area contributed by atoms with Gasteiger partial charge in [0.25, 0.3) is 0 Å². The molecule has 1 nitrogen and oxygen atoms in total. The number of hydrogen-bond donors (Lipinski definition) is 0. The largest absolute Gasteiger partial charge is 0.256 e. The van der Waals surface area contributed by atoms with Gasteiger partial charge in [0.1, 0.15) is 0 Å². The van der Waals surface area contributed by atoms with Gasteiger partial charge in [-0.15, -0.1) is 0 Å². The van der Waals surface area contributed by atoms with E-state index in [2.05, 4.69) is 65.1 Å². The fourth-order valence-electron chi connectivity index (χ4n) is 6.47. The minimum atomic E-state index is 0.361. The molecule has 1 heterocycles. The average molecular weight is 422 g/mol. The number of allylic oxidation sites excluding steroid dienone is 1. The molecule has 0 saturated heterocycles. The van der Waals surface area contributed by atoms with E-state index in [4.69, 9.17) is 0 Å². The van der Waals surface area contributed by atoms with Crippen LogP contribution in [0.2, 0.25) is 0 Å². The molecule has 0 N–H and O–H groups in total. The van der Waals surface area contributed by atoms with Gasteiger partial charge in [-0.05, 0) is 114 Å². The van der Waals surface area contributed by atoms with Crippen molar-refractivity contribution in [1.29, 1.82) is 0 Å². The molecular weight excluding hydrogens is 394 g/mol. The van der Waals surface area contributed by atoms with E-state index < -0.39 is 0 Å². The van der Waals surface area contributed by atoms with Crippen LogP contribution in [-0.2, 0) is 6.42 Å². The predicted octanol–water partition coefficient (Wildman–Crippen LogP) is 7.09. The first kappa shape index (κ1) is 17.7. The molecule has 0 spiro atoms. The Labute approximate surface area is 171 Å². The van der Waals surface area contributed by atoms with Crippen LogP contribution in [0.15, 0.2) is 46.6 Å². The SMILES string of the molecule is Cc1ccc2c(c1)CC[C@@H]1[C@@H]2CC[C@]2(C)C(=Cc3ncccc3Br)CC[C@@H]12. The summed E-state index contributed by atoms with van der Waals surface area (Å²) >= 11 is 3.68. The molecule has 0 amide bonds. The van der Waals surface area contributed by atoms with Gasteiger partial charge >= 0.3 is 0 Å². The Morgan fingerprint density at radius 2 is 2.04 bits per heavy atom. The lowest BCUT2D eigenvalue weighted by Crippen LogP contribution is -2.40. The lowest BCUT2D eigenvalue weighted by molar-refractivity contribution is 0.0819. The Hall–Kier alpha value is -1.41. The number of hydrogen-bond acceptors (Lipinski definition) is 1. The molecule has 1 aromatic carbocycles. The van der Waals surface area contributed by atoms with Gasteiger partial charge in [0.15, 0.2) is 0 Å². The van der Waals surface area contributed by atoms with Gasteiger partial charge in [0.05, 0.1) is 5.69 Å².